The van der Waals surface area contributed by atoms with Crippen molar-refractivity contribution in [1.29, 1.82) is 0 Å². The number of hydrogen-bond donors (Lipinski definition) is 1. The first-order chi connectivity index (χ1) is 8.30. The predicted octanol–water partition coefficient (Wildman–Crippen LogP) is 2.60. The quantitative estimate of drug-likeness (QED) is 0.697. The van der Waals surface area contributed by atoms with Crippen LogP contribution in [0.15, 0.2) is 0 Å². The zero-order valence-electron chi connectivity index (χ0n) is 11.7. The molecule has 0 spiro atoms. The van der Waals surface area contributed by atoms with Gasteiger partial charge in [0.1, 0.15) is 0 Å². The average Bonchev–Trinajstić information content (AvgIpc) is 2.59. The van der Waals surface area contributed by atoms with Crippen LogP contribution >= 0.6 is 0 Å². The summed E-state index contributed by atoms with van der Waals surface area (Å²) in [4.78, 5) is 0. The molecule has 1 aliphatic carbocycles. The highest BCUT2D eigenvalue weighted by molar-refractivity contribution is 4.75. The van der Waals surface area contributed by atoms with Crippen LogP contribution in [0.4, 0.5) is 0 Å². The molecule has 3 atom stereocenters. The lowest BCUT2D eigenvalue weighted by Crippen LogP contribution is -2.38. The molecule has 102 valence electrons. The number of rotatable bonds is 7. The Kier molecular flexibility index (Phi) is 7.82. The lowest BCUT2D eigenvalue weighted by Gasteiger charge is -2.21. The number of nitrogens with one attached hydrogen (secondary N) is 1. The summed E-state index contributed by atoms with van der Waals surface area (Å²) in [5.74, 6) is 0.957. The van der Waals surface area contributed by atoms with E-state index in [1.165, 1.54) is 38.5 Å². The van der Waals surface area contributed by atoms with Crippen LogP contribution in [-0.2, 0) is 9.47 Å². The minimum absolute atomic E-state index is 0.185. The summed E-state index contributed by atoms with van der Waals surface area (Å²) in [5.41, 5.74) is 0. The van der Waals surface area contributed by atoms with Crippen molar-refractivity contribution in [2.45, 2.75) is 57.6 Å². The Morgan fingerprint density at radius 3 is 2.65 bits per heavy atom. The molecule has 0 bridgehead atoms. The first-order valence-corrected chi connectivity index (χ1v) is 7.05. The van der Waals surface area contributed by atoms with E-state index in [4.69, 9.17) is 9.47 Å². The Labute approximate surface area is 106 Å². The maximum atomic E-state index is 5.37. The number of ether oxygens (including phenoxy) is 2. The summed E-state index contributed by atoms with van der Waals surface area (Å²) in [5, 5.41) is 3.64. The Balaban J connectivity index is 2.22. The fraction of sp³-hybridized carbons (Fsp3) is 1.00. The van der Waals surface area contributed by atoms with Crippen LogP contribution in [0.5, 0.6) is 0 Å². The molecule has 0 aromatic heterocycles. The van der Waals surface area contributed by atoms with Crippen LogP contribution < -0.4 is 5.32 Å². The van der Waals surface area contributed by atoms with Crippen molar-refractivity contribution in [3.8, 4) is 0 Å². The molecule has 3 unspecified atom stereocenters. The van der Waals surface area contributed by atoms with Crippen LogP contribution in [0, 0.1) is 5.92 Å². The molecular formula is C14H29NO2. The van der Waals surface area contributed by atoms with E-state index in [-0.39, 0.29) is 6.10 Å². The second-order valence-corrected chi connectivity index (χ2v) is 5.20. The first-order valence-electron chi connectivity index (χ1n) is 7.05. The van der Waals surface area contributed by atoms with E-state index in [1.807, 2.05) is 0 Å². The van der Waals surface area contributed by atoms with Gasteiger partial charge in [0.15, 0.2) is 0 Å². The summed E-state index contributed by atoms with van der Waals surface area (Å²) in [6.07, 6.45) is 8.35. The molecule has 3 heteroatoms. The summed E-state index contributed by atoms with van der Waals surface area (Å²) < 4.78 is 10.5. The minimum atomic E-state index is 0.185. The van der Waals surface area contributed by atoms with Gasteiger partial charge in [-0.05, 0) is 25.2 Å². The summed E-state index contributed by atoms with van der Waals surface area (Å²) >= 11 is 0. The molecule has 0 aromatic rings. The SMILES string of the molecule is CCC1CCCC(NCC(COC)OC)CC1. The Hall–Kier alpha value is -0.120. The van der Waals surface area contributed by atoms with Crippen molar-refractivity contribution in [2.24, 2.45) is 5.92 Å². The van der Waals surface area contributed by atoms with E-state index >= 15 is 0 Å². The zero-order valence-corrected chi connectivity index (χ0v) is 11.7. The fourth-order valence-corrected chi connectivity index (χ4v) is 2.69. The summed E-state index contributed by atoms with van der Waals surface area (Å²) in [6.45, 7) is 3.90. The van der Waals surface area contributed by atoms with E-state index in [9.17, 15) is 0 Å². The van der Waals surface area contributed by atoms with Crippen molar-refractivity contribution in [3.63, 3.8) is 0 Å². The molecule has 0 saturated heterocycles. The van der Waals surface area contributed by atoms with Gasteiger partial charge in [0.25, 0.3) is 0 Å². The van der Waals surface area contributed by atoms with Gasteiger partial charge in [0, 0.05) is 26.8 Å². The van der Waals surface area contributed by atoms with E-state index in [0.717, 1.165) is 12.5 Å². The van der Waals surface area contributed by atoms with Gasteiger partial charge in [-0.2, -0.15) is 0 Å². The third-order valence-electron chi connectivity index (χ3n) is 3.99. The molecule has 1 saturated carbocycles. The highest BCUT2D eigenvalue weighted by Crippen LogP contribution is 2.25. The Morgan fingerprint density at radius 1 is 1.18 bits per heavy atom. The molecule has 0 heterocycles. The van der Waals surface area contributed by atoms with Crippen molar-refractivity contribution in [1.82, 2.24) is 5.32 Å². The fourth-order valence-electron chi connectivity index (χ4n) is 2.69. The number of hydrogen-bond acceptors (Lipinski definition) is 3. The minimum Gasteiger partial charge on any atom is -0.382 e. The molecule has 0 radical (unpaired) electrons. The maximum Gasteiger partial charge on any atom is 0.0928 e. The summed E-state index contributed by atoms with van der Waals surface area (Å²) in [7, 11) is 3.48. The van der Waals surface area contributed by atoms with Gasteiger partial charge in [0.2, 0.25) is 0 Å². The zero-order chi connectivity index (χ0) is 12.5. The molecule has 0 aliphatic heterocycles. The van der Waals surface area contributed by atoms with Crippen LogP contribution in [0.1, 0.15) is 45.4 Å². The lowest BCUT2D eigenvalue weighted by atomic mass is 9.98. The second-order valence-electron chi connectivity index (χ2n) is 5.20. The highest BCUT2D eigenvalue weighted by atomic mass is 16.5. The number of methoxy groups -OCH3 is 2. The van der Waals surface area contributed by atoms with Gasteiger partial charge in [0.05, 0.1) is 12.7 Å². The van der Waals surface area contributed by atoms with Gasteiger partial charge in [-0.1, -0.05) is 26.2 Å². The molecule has 17 heavy (non-hydrogen) atoms. The summed E-state index contributed by atoms with van der Waals surface area (Å²) in [6, 6.07) is 0.682. The average molecular weight is 243 g/mol. The molecule has 1 rings (SSSR count). The predicted molar refractivity (Wildman–Crippen MR) is 71.3 cm³/mol. The molecule has 1 N–H and O–H groups in total. The standard InChI is InChI=1S/C14H29NO2/c1-4-12-6-5-7-13(9-8-12)15-10-14(17-3)11-16-2/h12-15H,4-11H2,1-3H3. The van der Waals surface area contributed by atoms with Gasteiger partial charge < -0.3 is 14.8 Å². The maximum absolute atomic E-state index is 5.37. The molecule has 0 amide bonds. The van der Waals surface area contributed by atoms with Crippen LogP contribution in [-0.4, -0.2) is 39.5 Å². The van der Waals surface area contributed by atoms with Gasteiger partial charge in [-0.15, -0.1) is 0 Å². The normalized spacial score (nSPS) is 27.7. The van der Waals surface area contributed by atoms with Crippen LogP contribution in [0.3, 0.4) is 0 Å². The molecule has 3 nitrogen and oxygen atoms in total. The van der Waals surface area contributed by atoms with Crippen molar-refractivity contribution in [2.75, 3.05) is 27.4 Å². The van der Waals surface area contributed by atoms with Crippen LogP contribution in [0.25, 0.3) is 0 Å². The smallest absolute Gasteiger partial charge is 0.0928 e. The van der Waals surface area contributed by atoms with Crippen molar-refractivity contribution >= 4 is 0 Å². The van der Waals surface area contributed by atoms with E-state index in [2.05, 4.69) is 12.2 Å². The van der Waals surface area contributed by atoms with E-state index < -0.39 is 0 Å². The van der Waals surface area contributed by atoms with Crippen molar-refractivity contribution in [3.05, 3.63) is 0 Å². The first kappa shape index (κ1) is 14.9. The van der Waals surface area contributed by atoms with Crippen molar-refractivity contribution < 1.29 is 9.47 Å². The third-order valence-corrected chi connectivity index (χ3v) is 3.99. The van der Waals surface area contributed by atoms with Gasteiger partial charge in [-0.3, -0.25) is 0 Å². The van der Waals surface area contributed by atoms with E-state index in [1.54, 1.807) is 14.2 Å². The van der Waals surface area contributed by atoms with Crippen LogP contribution in [0.2, 0.25) is 0 Å². The molecule has 1 fully saturated rings. The third kappa shape index (κ3) is 5.84. The second kappa shape index (κ2) is 8.90. The van der Waals surface area contributed by atoms with E-state index in [0.29, 0.717) is 12.6 Å². The largest absolute Gasteiger partial charge is 0.382 e. The highest BCUT2D eigenvalue weighted by Gasteiger charge is 2.18. The molecular weight excluding hydrogens is 214 g/mol. The Bertz CT molecular complexity index is 187. The monoisotopic (exact) mass is 243 g/mol. The lowest BCUT2D eigenvalue weighted by molar-refractivity contribution is 0.0270. The molecule has 0 aromatic carbocycles. The Morgan fingerprint density at radius 2 is 2.00 bits per heavy atom. The van der Waals surface area contributed by atoms with Gasteiger partial charge in [-0.25, -0.2) is 0 Å². The molecule has 1 aliphatic rings. The van der Waals surface area contributed by atoms with Gasteiger partial charge >= 0.3 is 0 Å². The topological polar surface area (TPSA) is 30.5 Å².